The Morgan fingerprint density at radius 2 is 1.67 bits per heavy atom. The molecule has 48 heavy (non-hydrogen) atoms. The molecule has 1 aromatic heterocycles. The lowest BCUT2D eigenvalue weighted by Gasteiger charge is -2.28. The highest BCUT2D eigenvalue weighted by Crippen LogP contribution is 2.29. The minimum Gasteiger partial charge on any atom is -0.355 e. The number of aromatic amines is 1. The highest BCUT2D eigenvalue weighted by Gasteiger charge is 2.37. The molecule has 0 spiro atoms. The van der Waals surface area contributed by atoms with Crippen LogP contribution in [0.2, 0.25) is 0 Å². The van der Waals surface area contributed by atoms with Gasteiger partial charge in [0.05, 0.1) is 6.54 Å². The average molecular weight is 651 g/mol. The third kappa shape index (κ3) is 8.30. The molecule has 0 radical (unpaired) electrons. The Hall–Kier alpha value is -4.96. The van der Waals surface area contributed by atoms with Crippen molar-refractivity contribution in [3.05, 3.63) is 84.4 Å². The van der Waals surface area contributed by atoms with Gasteiger partial charge in [-0.15, -0.1) is 0 Å². The fourth-order valence-electron chi connectivity index (χ4n) is 6.29. The van der Waals surface area contributed by atoms with E-state index < -0.39 is 12.1 Å². The van der Waals surface area contributed by atoms with Crippen LogP contribution in [0.15, 0.2) is 78.9 Å². The van der Waals surface area contributed by atoms with Crippen LogP contribution in [-0.2, 0) is 19.2 Å². The molecule has 1 aliphatic heterocycles. The first kappa shape index (κ1) is 34.4. The number of hydrogen-bond acceptors (Lipinski definition) is 5. The summed E-state index contributed by atoms with van der Waals surface area (Å²) in [5.74, 6) is -0.293. The Labute approximate surface area is 282 Å². The first-order valence-electron chi connectivity index (χ1n) is 16.8. The zero-order valence-corrected chi connectivity index (χ0v) is 28.2. The number of benzene rings is 3. The number of likely N-dealkylation sites (tertiary alicyclic amines) is 1. The molecule has 0 aliphatic carbocycles. The van der Waals surface area contributed by atoms with Gasteiger partial charge in [-0.05, 0) is 79.8 Å². The third-order valence-electron chi connectivity index (χ3n) is 8.64. The van der Waals surface area contributed by atoms with E-state index in [1.165, 1.54) is 0 Å². The smallest absolute Gasteiger partial charge is 0.247 e. The van der Waals surface area contributed by atoms with E-state index in [-0.39, 0.29) is 36.1 Å². The molecule has 4 N–H and O–H groups in total. The van der Waals surface area contributed by atoms with Gasteiger partial charge in [-0.2, -0.15) is 0 Å². The zero-order chi connectivity index (χ0) is 34.2. The topological polar surface area (TPSA) is 127 Å². The molecule has 1 saturated heterocycles. The number of aromatic nitrogens is 1. The number of carbonyl (C=O) groups is 4. The molecule has 5 rings (SSSR count). The van der Waals surface area contributed by atoms with Gasteiger partial charge < -0.3 is 30.7 Å². The summed E-state index contributed by atoms with van der Waals surface area (Å²) < 4.78 is 0. The van der Waals surface area contributed by atoms with Crippen LogP contribution in [-0.4, -0.2) is 71.1 Å². The maximum absolute atomic E-state index is 13.5. The molecule has 10 nitrogen and oxygen atoms in total. The fourth-order valence-corrected chi connectivity index (χ4v) is 6.29. The quantitative estimate of drug-likeness (QED) is 0.142. The molecule has 0 bridgehead atoms. The van der Waals surface area contributed by atoms with E-state index in [0.717, 1.165) is 40.6 Å². The van der Waals surface area contributed by atoms with Crippen molar-refractivity contribution in [3.63, 3.8) is 0 Å². The summed E-state index contributed by atoms with van der Waals surface area (Å²) in [7, 11) is 1.76. The second kappa shape index (κ2) is 15.8. The molecule has 4 amide bonds. The number of anilines is 2. The number of H-pyrrole nitrogens is 1. The number of nitrogens with zero attached hydrogens (tertiary/aromatic N) is 2. The molecular formula is C38H46N6O4. The Kier molecular flexibility index (Phi) is 11.3. The zero-order valence-electron chi connectivity index (χ0n) is 28.2. The molecule has 3 aromatic carbocycles. The van der Waals surface area contributed by atoms with Gasteiger partial charge in [-0.3, -0.25) is 19.2 Å². The summed E-state index contributed by atoms with van der Waals surface area (Å²) in [6, 6.07) is 23.8. The molecule has 0 saturated carbocycles. The molecule has 252 valence electrons. The van der Waals surface area contributed by atoms with Crippen LogP contribution >= 0.6 is 0 Å². The normalized spacial score (nSPS) is 15.0. The number of rotatable bonds is 13. The van der Waals surface area contributed by atoms with Gasteiger partial charge in [-0.1, -0.05) is 63.2 Å². The second-order valence-electron chi connectivity index (χ2n) is 12.8. The van der Waals surface area contributed by atoms with Gasteiger partial charge in [0.25, 0.3) is 0 Å². The lowest BCUT2D eigenvalue weighted by Crippen LogP contribution is -2.47. The summed E-state index contributed by atoms with van der Waals surface area (Å²) in [6.45, 7) is 7.11. The van der Waals surface area contributed by atoms with E-state index in [4.69, 9.17) is 0 Å². The van der Waals surface area contributed by atoms with Crippen LogP contribution in [0.5, 0.6) is 0 Å². The number of fused-ring (bicyclic) bond motifs is 1. The molecule has 1 aliphatic rings. The first-order chi connectivity index (χ1) is 23.2. The Morgan fingerprint density at radius 3 is 2.35 bits per heavy atom. The van der Waals surface area contributed by atoms with Crippen molar-refractivity contribution >= 4 is 45.9 Å². The maximum atomic E-state index is 13.5. The predicted octanol–water partition coefficient (Wildman–Crippen LogP) is 5.95. The average Bonchev–Trinajstić information content (AvgIpc) is 3.73. The number of carbonyl (C=O) groups excluding carboxylic acids is 4. The number of nitrogens with one attached hydrogen (secondary N) is 4. The van der Waals surface area contributed by atoms with Crippen molar-refractivity contribution in [1.82, 2.24) is 20.1 Å². The number of likely N-dealkylation sites (N-methyl/N-ethyl adjacent to an activating group) is 1. The standard InChI is InChI=1S/C38H46N6O4/c1-5-19-43(35(46)21-25(2)3)24-34(45)40-29-15-13-26(14-16-29)32-23-28-22-30(17-18-31(28)42-32)41-37(47)33-12-9-20-44(33)38(48)36(39-4)27-10-7-6-8-11-27/h6-8,10-11,13-18,22-23,25,33,36,39,42H,5,9,12,19-21,24H2,1-4H3,(H,40,45)(H,41,47)/t33-,36+/m0/s1. The summed E-state index contributed by atoms with van der Waals surface area (Å²) in [5, 5.41) is 9.99. The third-order valence-corrected chi connectivity index (χ3v) is 8.64. The van der Waals surface area contributed by atoms with Crippen molar-refractivity contribution in [2.24, 2.45) is 5.92 Å². The van der Waals surface area contributed by atoms with Crippen molar-refractivity contribution in [3.8, 4) is 11.3 Å². The van der Waals surface area contributed by atoms with E-state index in [1.807, 2.05) is 99.6 Å². The summed E-state index contributed by atoms with van der Waals surface area (Å²) in [6.07, 6.45) is 2.60. The van der Waals surface area contributed by atoms with Crippen LogP contribution in [0.3, 0.4) is 0 Å². The minimum atomic E-state index is -0.538. The van der Waals surface area contributed by atoms with Crippen molar-refractivity contribution in [2.45, 2.75) is 58.5 Å². The fraction of sp³-hybridized carbons (Fsp3) is 0.368. The molecular weight excluding hydrogens is 604 g/mol. The van der Waals surface area contributed by atoms with Gasteiger partial charge in [-0.25, -0.2) is 0 Å². The lowest BCUT2D eigenvalue weighted by atomic mass is 10.1. The first-order valence-corrected chi connectivity index (χ1v) is 16.8. The van der Waals surface area contributed by atoms with Gasteiger partial charge in [0.15, 0.2) is 0 Å². The second-order valence-corrected chi connectivity index (χ2v) is 12.8. The van der Waals surface area contributed by atoms with Crippen molar-refractivity contribution in [2.75, 3.05) is 37.3 Å². The highest BCUT2D eigenvalue weighted by molar-refractivity contribution is 6.00. The van der Waals surface area contributed by atoms with Crippen LogP contribution in [0.4, 0.5) is 11.4 Å². The minimum absolute atomic E-state index is 0.00371. The monoisotopic (exact) mass is 650 g/mol. The van der Waals surface area contributed by atoms with Crippen LogP contribution < -0.4 is 16.0 Å². The van der Waals surface area contributed by atoms with Gasteiger partial charge in [0.2, 0.25) is 23.6 Å². The number of hydrogen-bond donors (Lipinski definition) is 4. The van der Waals surface area contributed by atoms with E-state index in [1.54, 1.807) is 16.8 Å². The predicted molar refractivity (Wildman–Crippen MR) is 190 cm³/mol. The van der Waals surface area contributed by atoms with E-state index in [9.17, 15) is 19.2 Å². The SMILES string of the molecule is CCCN(CC(=O)Nc1ccc(-c2cc3cc(NC(=O)[C@@H]4CCCN4C(=O)[C@H](NC)c4ccccc4)ccc3[nH]2)cc1)C(=O)CC(C)C. The molecule has 2 heterocycles. The van der Waals surface area contributed by atoms with E-state index >= 15 is 0 Å². The van der Waals surface area contributed by atoms with Crippen LogP contribution in [0, 0.1) is 5.92 Å². The molecule has 4 aromatic rings. The summed E-state index contributed by atoms with van der Waals surface area (Å²) >= 11 is 0. The van der Waals surface area contributed by atoms with Gasteiger partial charge in [0, 0.05) is 47.5 Å². The van der Waals surface area contributed by atoms with E-state index in [2.05, 4.69) is 20.9 Å². The largest absolute Gasteiger partial charge is 0.355 e. The Bertz CT molecular complexity index is 1730. The number of amides is 4. The maximum Gasteiger partial charge on any atom is 0.247 e. The van der Waals surface area contributed by atoms with Crippen molar-refractivity contribution < 1.29 is 19.2 Å². The Balaban J connectivity index is 1.21. The molecule has 2 atom stereocenters. The van der Waals surface area contributed by atoms with E-state index in [0.29, 0.717) is 37.3 Å². The van der Waals surface area contributed by atoms with Gasteiger partial charge >= 0.3 is 0 Å². The molecule has 1 fully saturated rings. The summed E-state index contributed by atoms with van der Waals surface area (Å²) in [5.41, 5.74) is 4.93. The van der Waals surface area contributed by atoms with Crippen LogP contribution in [0.1, 0.15) is 58.1 Å². The molecule has 0 unspecified atom stereocenters. The molecule has 10 heteroatoms. The van der Waals surface area contributed by atoms with Crippen LogP contribution in [0.25, 0.3) is 22.2 Å². The van der Waals surface area contributed by atoms with Crippen molar-refractivity contribution in [1.29, 1.82) is 0 Å². The lowest BCUT2D eigenvalue weighted by molar-refractivity contribution is -0.138. The Morgan fingerprint density at radius 1 is 0.938 bits per heavy atom. The highest BCUT2D eigenvalue weighted by atomic mass is 16.2. The van der Waals surface area contributed by atoms with Gasteiger partial charge in [0.1, 0.15) is 12.1 Å². The summed E-state index contributed by atoms with van der Waals surface area (Å²) in [4.78, 5) is 59.0.